The summed E-state index contributed by atoms with van der Waals surface area (Å²) in [6.07, 6.45) is 1.32. The van der Waals surface area contributed by atoms with E-state index >= 15 is 0 Å². The first-order valence-corrected chi connectivity index (χ1v) is 6.51. The topological polar surface area (TPSA) is 101 Å². The number of nitrogens with one attached hydrogen (secondary N) is 2. The van der Waals surface area contributed by atoms with Crippen molar-refractivity contribution < 1.29 is 13.2 Å². The zero-order chi connectivity index (χ0) is 12.1. The molecule has 1 amide bonds. The van der Waals surface area contributed by atoms with Gasteiger partial charge in [-0.1, -0.05) is 0 Å². The number of hydrogen-bond acceptors (Lipinski definition) is 4. The van der Waals surface area contributed by atoms with E-state index in [2.05, 4.69) is 10.0 Å². The second-order valence-corrected chi connectivity index (χ2v) is 5.82. The quantitative estimate of drug-likeness (QED) is 0.539. The van der Waals surface area contributed by atoms with Gasteiger partial charge in [-0.15, -0.1) is 0 Å². The maximum Gasteiger partial charge on any atom is 0.221 e. The van der Waals surface area contributed by atoms with Crippen LogP contribution < -0.4 is 15.8 Å². The summed E-state index contributed by atoms with van der Waals surface area (Å²) < 4.78 is 24.4. The first-order chi connectivity index (χ1) is 6.66. The van der Waals surface area contributed by atoms with Gasteiger partial charge >= 0.3 is 0 Å². The molecule has 0 atom stereocenters. The van der Waals surface area contributed by atoms with Crippen molar-refractivity contribution in [3.05, 3.63) is 0 Å². The van der Waals surface area contributed by atoms with Crippen molar-refractivity contribution in [3.63, 3.8) is 0 Å². The highest BCUT2D eigenvalue weighted by Gasteiger charge is 2.22. The van der Waals surface area contributed by atoms with E-state index in [0.29, 0.717) is 0 Å². The molecule has 0 aromatic heterocycles. The molecule has 0 spiro atoms. The lowest BCUT2D eigenvalue weighted by Gasteiger charge is -2.25. The van der Waals surface area contributed by atoms with Crippen molar-refractivity contribution in [3.8, 4) is 0 Å². The molecule has 0 fully saturated rings. The number of carbonyl (C=O) groups is 1. The van der Waals surface area contributed by atoms with Gasteiger partial charge in [-0.25, -0.2) is 13.1 Å². The molecule has 0 aromatic rings. The fourth-order valence-corrected chi connectivity index (χ4v) is 2.15. The molecular weight excluding hydrogens is 218 g/mol. The van der Waals surface area contributed by atoms with Gasteiger partial charge in [0.15, 0.2) is 0 Å². The van der Waals surface area contributed by atoms with Crippen molar-refractivity contribution in [1.29, 1.82) is 0 Å². The average Bonchev–Trinajstić information content (AvgIpc) is 1.97. The molecule has 0 saturated carbocycles. The number of sulfonamides is 1. The number of hydrogen-bond donors (Lipinski definition) is 3. The van der Waals surface area contributed by atoms with E-state index in [1.807, 2.05) is 0 Å². The molecule has 0 aliphatic rings. The molecule has 7 heteroatoms. The van der Waals surface area contributed by atoms with Crippen LogP contribution in [0.15, 0.2) is 0 Å². The zero-order valence-electron chi connectivity index (χ0n) is 9.33. The van der Waals surface area contributed by atoms with E-state index < -0.39 is 15.6 Å². The fraction of sp³-hybridized carbons (Fsp3) is 0.875. The SMILES string of the molecule is CC(C)(CNC(=O)CCN)NS(C)(=O)=O. The normalized spacial score (nSPS) is 12.5. The molecule has 0 aliphatic carbocycles. The van der Waals surface area contributed by atoms with Crippen LogP contribution in [0.25, 0.3) is 0 Å². The lowest BCUT2D eigenvalue weighted by atomic mass is 10.1. The van der Waals surface area contributed by atoms with Gasteiger partial charge in [0.25, 0.3) is 0 Å². The Morgan fingerprint density at radius 1 is 1.40 bits per heavy atom. The minimum absolute atomic E-state index is 0.180. The molecule has 0 unspecified atom stereocenters. The Morgan fingerprint density at radius 3 is 2.33 bits per heavy atom. The van der Waals surface area contributed by atoms with Crippen LogP contribution in [0.4, 0.5) is 0 Å². The third-order valence-electron chi connectivity index (χ3n) is 1.56. The van der Waals surface area contributed by atoms with Gasteiger partial charge in [0.05, 0.1) is 6.26 Å². The van der Waals surface area contributed by atoms with Gasteiger partial charge in [0, 0.05) is 25.0 Å². The van der Waals surface area contributed by atoms with Gasteiger partial charge < -0.3 is 11.1 Å². The predicted molar refractivity (Wildman–Crippen MR) is 58.7 cm³/mol. The summed E-state index contributed by atoms with van der Waals surface area (Å²) in [4.78, 5) is 11.1. The first kappa shape index (κ1) is 14.3. The van der Waals surface area contributed by atoms with Crippen molar-refractivity contribution in [2.45, 2.75) is 25.8 Å². The third kappa shape index (κ3) is 8.34. The Bertz CT molecular complexity index is 311. The van der Waals surface area contributed by atoms with Crippen LogP contribution in [0.1, 0.15) is 20.3 Å². The Balaban J connectivity index is 4.10. The number of carbonyl (C=O) groups excluding carboxylic acids is 1. The first-order valence-electron chi connectivity index (χ1n) is 4.62. The van der Waals surface area contributed by atoms with Crippen molar-refractivity contribution in [1.82, 2.24) is 10.0 Å². The van der Waals surface area contributed by atoms with Crippen molar-refractivity contribution in [2.24, 2.45) is 5.73 Å². The van der Waals surface area contributed by atoms with Crippen LogP contribution in [0.3, 0.4) is 0 Å². The zero-order valence-corrected chi connectivity index (χ0v) is 10.1. The molecule has 4 N–H and O–H groups in total. The van der Waals surface area contributed by atoms with Crippen LogP contribution >= 0.6 is 0 Å². The second-order valence-electron chi connectivity index (χ2n) is 4.07. The highest BCUT2D eigenvalue weighted by Crippen LogP contribution is 2.01. The molecule has 90 valence electrons. The summed E-state index contributed by atoms with van der Waals surface area (Å²) in [5, 5.41) is 2.60. The van der Waals surface area contributed by atoms with Gasteiger partial charge in [-0.3, -0.25) is 4.79 Å². The van der Waals surface area contributed by atoms with Gasteiger partial charge in [-0.2, -0.15) is 0 Å². The van der Waals surface area contributed by atoms with Crippen molar-refractivity contribution in [2.75, 3.05) is 19.3 Å². The summed E-state index contributed by atoms with van der Waals surface area (Å²) in [5.41, 5.74) is 4.50. The number of nitrogens with two attached hydrogens (primary N) is 1. The van der Waals surface area contributed by atoms with Crippen molar-refractivity contribution >= 4 is 15.9 Å². The van der Waals surface area contributed by atoms with Gasteiger partial charge in [-0.05, 0) is 13.8 Å². The molecule has 0 aromatic carbocycles. The largest absolute Gasteiger partial charge is 0.354 e. The predicted octanol–water partition coefficient (Wildman–Crippen LogP) is -1.22. The van der Waals surface area contributed by atoms with Crippen LogP contribution in [0, 0.1) is 0 Å². The minimum atomic E-state index is -3.27. The molecular formula is C8H19N3O3S. The van der Waals surface area contributed by atoms with Crippen LogP contribution in [-0.4, -0.2) is 39.2 Å². The van der Waals surface area contributed by atoms with E-state index in [1.54, 1.807) is 13.8 Å². The molecule has 0 rings (SSSR count). The summed E-state index contributed by atoms with van der Waals surface area (Å²) >= 11 is 0. The molecule has 0 saturated heterocycles. The lowest BCUT2D eigenvalue weighted by Crippen LogP contribution is -2.51. The second kappa shape index (κ2) is 5.43. The van der Waals surface area contributed by atoms with E-state index in [1.165, 1.54) is 0 Å². The van der Waals surface area contributed by atoms with Gasteiger partial charge in [0.2, 0.25) is 15.9 Å². The Hall–Kier alpha value is -0.660. The van der Waals surface area contributed by atoms with Crippen LogP contribution in [-0.2, 0) is 14.8 Å². The smallest absolute Gasteiger partial charge is 0.221 e. The summed E-state index contributed by atoms with van der Waals surface area (Å²) in [6, 6.07) is 0. The lowest BCUT2D eigenvalue weighted by molar-refractivity contribution is -0.121. The monoisotopic (exact) mass is 237 g/mol. The maximum absolute atomic E-state index is 11.1. The Kier molecular flexibility index (Phi) is 5.19. The highest BCUT2D eigenvalue weighted by atomic mass is 32.2. The van der Waals surface area contributed by atoms with E-state index in [0.717, 1.165) is 6.26 Å². The standard InChI is InChI=1S/C8H19N3O3S/c1-8(2,11-15(3,13)14)6-10-7(12)4-5-9/h11H,4-6,9H2,1-3H3,(H,10,12). The van der Waals surface area contributed by atoms with E-state index in [-0.39, 0.29) is 25.4 Å². The Morgan fingerprint density at radius 2 is 1.93 bits per heavy atom. The fourth-order valence-electron chi connectivity index (χ4n) is 1.08. The number of rotatable bonds is 6. The van der Waals surface area contributed by atoms with E-state index in [4.69, 9.17) is 5.73 Å². The van der Waals surface area contributed by atoms with E-state index in [9.17, 15) is 13.2 Å². The highest BCUT2D eigenvalue weighted by molar-refractivity contribution is 7.88. The van der Waals surface area contributed by atoms with Crippen LogP contribution in [0.5, 0.6) is 0 Å². The molecule has 0 radical (unpaired) electrons. The van der Waals surface area contributed by atoms with Gasteiger partial charge in [0.1, 0.15) is 0 Å². The number of amides is 1. The molecule has 0 bridgehead atoms. The molecule has 6 nitrogen and oxygen atoms in total. The molecule has 0 heterocycles. The molecule has 0 aliphatic heterocycles. The maximum atomic E-state index is 11.1. The average molecular weight is 237 g/mol. The third-order valence-corrected chi connectivity index (χ3v) is 2.48. The summed E-state index contributed by atoms with van der Waals surface area (Å²) in [6.45, 7) is 3.90. The Labute approximate surface area is 90.7 Å². The summed E-state index contributed by atoms with van der Waals surface area (Å²) in [7, 11) is -3.27. The summed E-state index contributed by atoms with van der Waals surface area (Å²) in [5.74, 6) is -0.180. The molecule has 15 heavy (non-hydrogen) atoms. The van der Waals surface area contributed by atoms with Crippen LogP contribution in [0.2, 0.25) is 0 Å². The minimum Gasteiger partial charge on any atom is -0.354 e.